The molecule has 0 saturated heterocycles. The Labute approximate surface area is 133 Å². The Balaban J connectivity index is 1.48. The topological polar surface area (TPSA) is 68.5 Å². The molecule has 1 N–H and O–H groups in total. The fourth-order valence-corrected chi connectivity index (χ4v) is 2.74. The highest BCUT2D eigenvalue weighted by Crippen LogP contribution is 2.17. The maximum atomic E-state index is 4.08. The van der Waals surface area contributed by atoms with Gasteiger partial charge in [-0.25, -0.2) is 0 Å². The molecule has 3 aromatic rings. The first-order chi connectivity index (χ1) is 10.9. The van der Waals surface area contributed by atoms with Gasteiger partial charge in [-0.3, -0.25) is 4.98 Å². The van der Waals surface area contributed by atoms with Crippen molar-refractivity contribution in [2.75, 3.05) is 12.3 Å². The van der Waals surface area contributed by atoms with Gasteiger partial charge in [0.15, 0.2) is 0 Å². The highest BCUT2D eigenvalue weighted by atomic mass is 32.2. The van der Waals surface area contributed by atoms with E-state index >= 15 is 0 Å². The zero-order chi connectivity index (χ0) is 15.0. The summed E-state index contributed by atoms with van der Waals surface area (Å²) in [6.07, 6.45) is 3.61. The standard InChI is InChI=1S/C15H16N6S/c1-2-4-14(5-3-1)21-15(18-19-20-21)22-11-10-17-12-13-6-8-16-9-7-13/h1-9,17H,10-12H2. The fourth-order valence-electron chi connectivity index (χ4n) is 1.95. The van der Waals surface area contributed by atoms with E-state index in [0.717, 1.165) is 29.7 Å². The molecule has 0 atom stereocenters. The number of tetrazole rings is 1. The number of nitrogens with one attached hydrogen (secondary N) is 1. The molecule has 0 bridgehead atoms. The van der Waals surface area contributed by atoms with Gasteiger partial charge in [-0.1, -0.05) is 30.0 Å². The van der Waals surface area contributed by atoms with Crippen molar-refractivity contribution in [2.45, 2.75) is 11.7 Å². The molecule has 1 aromatic carbocycles. The van der Waals surface area contributed by atoms with Crippen molar-refractivity contribution in [3.05, 3.63) is 60.4 Å². The first-order valence-corrected chi connectivity index (χ1v) is 7.98. The Morgan fingerprint density at radius 3 is 2.68 bits per heavy atom. The molecule has 3 rings (SSSR count). The molecule has 0 spiro atoms. The first-order valence-electron chi connectivity index (χ1n) is 7.00. The molecule has 22 heavy (non-hydrogen) atoms. The third-order valence-corrected chi connectivity index (χ3v) is 3.95. The summed E-state index contributed by atoms with van der Waals surface area (Å²) in [5.41, 5.74) is 2.20. The summed E-state index contributed by atoms with van der Waals surface area (Å²) in [5, 5.41) is 16.1. The molecule has 0 aliphatic carbocycles. The monoisotopic (exact) mass is 312 g/mol. The van der Waals surface area contributed by atoms with Gasteiger partial charge >= 0.3 is 0 Å². The molecule has 6 nitrogen and oxygen atoms in total. The quantitative estimate of drug-likeness (QED) is 0.531. The highest BCUT2D eigenvalue weighted by molar-refractivity contribution is 7.99. The van der Waals surface area contributed by atoms with Crippen LogP contribution in [0.2, 0.25) is 0 Å². The lowest BCUT2D eigenvalue weighted by molar-refractivity contribution is 0.727. The van der Waals surface area contributed by atoms with Crippen molar-refractivity contribution < 1.29 is 0 Å². The predicted octanol–water partition coefficient (Wildman–Crippen LogP) is 1.94. The van der Waals surface area contributed by atoms with Gasteiger partial charge in [0.2, 0.25) is 5.16 Å². The Kier molecular flexibility index (Phi) is 5.12. The lowest BCUT2D eigenvalue weighted by Crippen LogP contribution is -2.16. The molecule has 0 unspecified atom stereocenters. The molecule has 0 aliphatic heterocycles. The maximum Gasteiger partial charge on any atom is 0.214 e. The summed E-state index contributed by atoms with van der Waals surface area (Å²) in [7, 11) is 0. The zero-order valence-corrected chi connectivity index (χ0v) is 12.8. The Bertz CT molecular complexity index is 686. The number of pyridine rings is 1. The normalized spacial score (nSPS) is 10.7. The second-order valence-electron chi connectivity index (χ2n) is 4.59. The summed E-state index contributed by atoms with van der Waals surface area (Å²) < 4.78 is 1.76. The number of para-hydroxylation sites is 1. The van der Waals surface area contributed by atoms with E-state index in [1.807, 2.05) is 42.5 Å². The minimum Gasteiger partial charge on any atom is -0.312 e. The number of rotatable bonds is 7. The molecule has 0 radical (unpaired) electrons. The van der Waals surface area contributed by atoms with E-state index in [2.05, 4.69) is 25.8 Å². The average Bonchev–Trinajstić information content (AvgIpc) is 3.05. The van der Waals surface area contributed by atoms with Crippen LogP contribution >= 0.6 is 11.8 Å². The largest absolute Gasteiger partial charge is 0.312 e. The summed E-state index contributed by atoms with van der Waals surface area (Å²) >= 11 is 1.64. The first kappa shape index (κ1) is 14.7. The Morgan fingerprint density at radius 1 is 1.05 bits per heavy atom. The lowest BCUT2D eigenvalue weighted by atomic mass is 10.3. The second kappa shape index (κ2) is 7.67. The van der Waals surface area contributed by atoms with Crippen LogP contribution in [0.5, 0.6) is 0 Å². The number of hydrogen-bond donors (Lipinski definition) is 1. The van der Waals surface area contributed by atoms with Gasteiger partial charge in [0.1, 0.15) is 0 Å². The van der Waals surface area contributed by atoms with E-state index < -0.39 is 0 Å². The van der Waals surface area contributed by atoms with E-state index in [9.17, 15) is 0 Å². The van der Waals surface area contributed by atoms with Crippen molar-refractivity contribution in [2.24, 2.45) is 0 Å². The van der Waals surface area contributed by atoms with Crippen LogP contribution in [0.15, 0.2) is 60.0 Å². The number of thioether (sulfide) groups is 1. The molecular weight excluding hydrogens is 296 g/mol. The van der Waals surface area contributed by atoms with E-state index in [1.54, 1.807) is 28.8 Å². The third kappa shape index (κ3) is 3.90. The van der Waals surface area contributed by atoms with Crippen LogP contribution in [0.3, 0.4) is 0 Å². The molecule has 0 amide bonds. The number of nitrogens with zero attached hydrogens (tertiary/aromatic N) is 5. The highest BCUT2D eigenvalue weighted by Gasteiger charge is 2.07. The van der Waals surface area contributed by atoms with Crippen LogP contribution < -0.4 is 5.32 Å². The van der Waals surface area contributed by atoms with E-state index in [1.165, 1.54) is 5.56 Å². The SMILES string of the molecule is c1ccc(-n2nnnc2SCCNCc2ccncc2)cc1. The van der Waals surface area contributed by atoms with Crippen molar-refractivity contribution in [1.82, 2.24) is 30.5 Å². The van der Waals surface area contributed by atoms with Gasteiger partial charge in [0.05, 0.1) is 5.69 Å². The van der Waals surface area contributed by atoms with Crippen LogP contribution in [0.25, 0.3) is 5.69 Å². The Hall–Kier alpha value is -2.25. The number of aromatic nitrogens is 5. The predicted molar refractivity (Wildman–Crippen MR) is 85.8 cm³/mol. The van der Waals surface area contributed by atoms with Crippen LogP contribution in [0.1, 0.15) is 5.56 Å². The summed E-state index contributed by atoms with van der Waals surface area (Å²) in [6.45, 7) is 1.72. The third-order valence-electron chi connectivity index (χ3n) is 3.03. The zero-order valence-electron chi connectivity index (χ0n) is 12.0. The average molecular weight is 312 g/mol. The van der Waals surface area contributed by atoms with Gasteiger partial charge in [-0.15, -0.1) is 5.10 Å². The van der Waals surface area contributed by atoms with Crippen LogP contribution in [-0.2, 0) is 6.54 Å². The fraction of sp³-hybridized carbons (Fsp3) is 0.200. The molecule has 112 valence electrons. The van der Waals surface area contributed by atoms with Gasteiger partial charge in [-0.2, -0.15) is 4.68 Å². The molecule has 0 fully saturated rings. The van der Waals surface area contributed by atoms with Gasteiger partial charge < -0.3 is 5.32 Å². The van der Waals surface area contributed by atoms with Crippen LogP contribution in [-0.4, -0.2) is 37.5 Å². The summed E-state index contributed by atoms with van der Waals surface area (Å²) in [4.78, 5) is 4.01. The lowest BCUT2D eigenvalue weighted by Gasteiger charge is -2.05. The molecule has 0 saturated carbocycles. The van der Waals surface area contributed by atoms with Crippen LogP contribution in [0, 0.1) is 0 Å². The minimum atomic E-state index is 0.803. The molecule has 2 aromatic heterocycles. The number of benzene rings is 1. The van der Waals surface area contributed by atoms with E-state index in [4.69, 9.17) is 0 Å². The summed E-state index contributed by atoms with van der Waals surface area (Å²) in [6, 6.07) is 13.9. The van der Waals surface area contributed by atoms with E-state index in [-0.39, 0.29) is 0 Å². The molecular formula is C15H16N6S. The molecule has 0 aliphatic rings. The van der Waals surface area contributed by atoms with Crippen molar-refractivity contribution >= 4 is 11.8 Å². The van der Waals surface area contributed by atoms with Crippen molar-refractivity contribution in [3.63, 3.8) is 0 Å². The van der Waals surface area contributed by atoms with Crippen LogP contribution in [0.4, 0.5) is 0 Å². The van der Waals surface area contributed by atoms with Crippen molar-refractivity contribution in [3.8, 4) is 5.69 Å². The Morgan fingerprint density at radius 2 is 1.86 bits per heavy atom. The van der Waals surface area contributed by atoms with Gasteiger partial charge in [-0.05, 0) is 40.3 Å². The van der Waals surface area contributed by atoms with Crippen molar-refractivity contribution in [1.29, 1.82) is 0 Å². The molecule has 7 heteroatoms. The van der Waals surface area contributed by atoms with Gasteiger partial charge in [0, 0.05) is 31.2 Å². The molecule has 2 heterocycles. The van der Waals surface area contributed by atoms with Gasteiger partial charge in [0.25, 0.3) is 0 Å². The van der Waals surface area contributed by atoms with E-state index in [0.29, 0.717) is 0 Å². The smallest absolute Gasteiger partial charge is 0.214 e. The summed E-state index contributed by atoms with van der Waals surface area (Å²) in [5.74, 6) is 0.901. The second-order valence-corrected chi connectivity index (χ2v) is 5.65. The number of hydrogen-bond acceptors (Lipinski definition) is 6. The maximum absolute atomic E-state index is 4.08. The minimum absolute atomic E-state index is 0.803.